The highest BCUT2D eigenvalue weighted by Crippen LogP contribution is 2.47. The van der Waals surface area contributed by atoms with Crippen LogP contribution >= 0.6 is 15.9 Å². The van der Waals surface area contributed by atoms with Gasteiger partial charge in [0.1, 0.15) is 4.60 Å². The monoisotopic (exact) mass is 385 g/mol. The van der Waals surface area contributed by atoms with E-state index in [0.717, 1.165) is 18.5 Å². The molecule has 0 spiro atoms. The number of anilines is 1. The lowest BCUT2D eigenvalue weighted by molar-refractivity contribution is 0.269. The molecular formula is C16H28BrN3OSi. The summed E-state index contributed by atoms with van der Waals surface area (Å²) in [6.07, 6.45) is 7.71. The van der Waals surface area contributed by atoms with Crippen LogP contribution in [0.1, 0.15) is 57.6 Å². The third-order valence-electron chi connectivity index (χ3n) is 5.43. The van der Waals surface area contributed by atoms with Crippen molar-refractivity contribution < 1.29 is 4.80 Å². The summed E-state index contributed by atoms with van der Waals surface area (Å²) in [5.74, 6) is 1.57. The molecule has 1 saturated carbocycles. The maximum Gasteiger partial charge on any atom is 0.188 e. The third-order valence-corrected chi connectivity index (χ3v) is 9.53. The Hall–Kier alpha value is -0.463. The normalized spacial score (nSPS) is 23.5. The highest BCUT2D eigenvalue weighted by atomic mass is 79.9. The maximum absolute atomic E-state index is 10.5. The second-order valence-electron chi connectivity index (χ2n) is 7.85. The van der Waals surface area contributed by atoms with Gasteiger partial charge in [-0.25, -0.2) is 9.97 Å². The van der Waals surface area contributed by atoms with Gasteiger partial charge in [-0.1, -0.05) is 26.7 Å². The molecule has 0 saturated heterocycles. The summed E-state index contributed by atoms with van der Waals surface area (Å²) in [7, 11) is -2.14. The van der Waals surface area contributed by atoms with Crippen molar-refractivity contribution in [3.8, 4) is 0 Å². The van der Waals surface area contributed by atoms with Crippen LogP contribution in [-0.4, -0.2) is 23.1 Å². The molecule has 1 fully saturated rings. The maximum atomic E-state index is 10.5. The van der Waals surface area contributed by atoms with Crippen LogP contribution in [-0.2, 0) is 0 Å². The van der Waals surface area contributed by atoms with Crippen LogP contribution in [0.5, 0.6) is 0 Å². The largest absolute Gasteiger partial charge is 0.432 e. The zero-order valence-electron chi connectivity index (χ0n) is 14.1. The molecule has 1 aliphatic rings. The van der Waals surface area contributed by atoms with Crippen molar-refractivity contribution in [3.05, 3.63) is 16.5 Å². The Morgan fingerprint density at radius 1 is 1.41 bits per heavy atom. The average molecular weight is 386 g/mol. The van der Waals surface area contributed by atoms with E-state index >= 15 is 0 Å². The summed E-state index contributed by atoms with van der Waals surface area (Å²) < 4.78 is 0.649. The van der Waals surface area contributed by atoms with Crippen LogP contribution in [0.15, 0.2) is 10.8 Å². The molecule has 1 aliphatic carbocycles. The topological polar surface area (TPSA) is 72.0 Å². The Bertz CT molecular complexity index is 531. The number of hydrogen-bond donors (Lipinski definition) is 2. The smallest absolute Gasteiger partial charge is 0.188 e. The van der Waals surface area contributed by atoms with Gasteiger partial charge in [-0.05, 0) is 59.2 Å². The molecule has 1 heterocycles. The number of nitrogens with two attached hydrogens (primary N) is 1. The van der Waals surface area contributed by atoms with Crippen LogP contribution in [0.2, 0.25) is 18.1 Å². The van der Waals surface area contributed by atoms with Crippen LogP contribution in [0, 0.1) is 5.92 Å². The quantitative estimate of drug-likeness (QED) is 0.750. The van der Waals surface area contributed by atoms with Gasteiger partial charge in [-0.3, -0.25) is 0 Å². The van der Waals surface area contributed by atoms with Crippen molar-refractivity contribution in [1.82, 2.24) is 9.97 Å². The summed E-state index contributed by atoms with van der Waals surface area (Å²) in [4.78, 5) is 19.3. The molecule has 2 rings (SSSR count). The van der Waals surface area contributed by atoms with Crippen LogP contribution < -0.4 is 5.73 Å². The van der Waals surface area contributed by atoms with E-state index in [2.05, 4.69) is 52.8 Å². The minimum Gasteiger partial charge on any atom is -0.432 e. The Morgan fingerprint density at radius 2 is 2.09 bits per heavy atom. The summed E-state index contributed by atoms with van der Waals surface area (Å²) in [5, 5.41) is 0.0485. The van der Waals surface area contributed by atoms with Crippen molar-refractivity contribution in [1.29, 1.82) is 0 Å². The fourth-order valence-electron chi connectivity index (χ4n) is 3.30. The van der Waals surface area contributed by atoms with E-state index in [0.29, 0.717) is 22.3 Å². The third kappa shape index (κ3) is 4.09. The van der Waals surface area contributed by atoms with Gasteiger partial charge in [-0.2, -0.15) is 0 Å². The number of halogens is 1. The summed E-state index contributed by atoms with van der Waals surface area (Å²) in [6.45, 7) is 8.55. The number of hydrogen-bond acceptors (Lipinski definition) is 4. The van der Waals surface area contributed by atoms with Crippen molar-refractivity contribution in [3.63, 3.8) is 0 Å². The minimum absolute atomic E-state index is 0.0485. The predicted molar refractivity (Wildman–Crippen MR) is 97.2 cm³/mol. The first-order chi connectivity index (χ1) is 10.1. The van der Waals surface area contributed by atoms with Crippen molar-refractivity contribution in [2.24, 2.45) is 5.92 Å². The molecule has 22 heavy (non-hydrogen) atoms. The molecule has 4 nitrogen and oxygen atoms in total. The van der Waals surface area contributed by atoms with Gasteiger partial charge in [-0.15, -0.1) is 0 Å². The summed E-state index contributed by atoms with van der Waals surface area (Å²) >= 11 is 3.38. The van der Waals surface area contributed by atoms with Gasteiger partial charge in [0.05, 0.1) is 11.9 Å². The SMILES string of the molecule is CC(C)(CC1CCCC(c2cnc(N)c(Br)n2)C1)[Si](C)(C)O. The first-order valence-electron chi connectivity index (χ1n) is 8.10. The second kappa shape index (κ2) is 6.57. The molecule has 0 radical (unpaired) electrons. The van der Waals surface area contributed by atoms with Crippen molar-refractivity contribution in [2.45, 2.75) is 70.0 Å². The Balaban J connectivity index is 2.07. The highest BCUT2D eigenvalue weighted by Gasteiger charge is 2.40. The lowest BCUT2D eigenvalue weighted by Gasteiger charge is -2.40. The number of nitrogens with zero attached hydrogens (tertiary/aromatic N) is 2. The van der Waals surface area contributed by atoms with Gasteiger partial charge in [0.15, 0.2) is 14.1 Å². The molecule has 2 atom stereocenters. The number of nitrogen functional groups attached to an aromatic ring is 1. The summed E-state index contributed by atoms with van der Waals surface area (Å²) in [6, 6.07) is 0. The summed E-state index contributed by atoms with van der Waals surface area (Å²) in [5.41, 5.74) is 6.78. The van der Waals surface area contributed by atoms with E-state index in [4.69, 9.17) is 5.73 Å². The molecule has 0 aliphatic heterocycles. The van der Waals surface area contributed by atoms with Crippen LogP contribution in [0.25, 0.3) is 0 Å². The second-order valence-corrected chi connectivity index (χ2v) is 13.1. The molecular weight excluding hydrogens is 358 g/mol. The Morgan fingerprint density at radius 3 is 2.68 bits per heavy atom. The number of rotatable bonds is 4. The van der Waals surface area contributed by atoms with E-state index in [9.17, 15) is 4.80 Å². The molecule has 124 valence electrons. The Kier molecular flexibility index (Phi) is 5.34. The minimum atomic E-state index is -2.14. The fourth-order valence-corrected chi connectivity index (χ4v) is 4.40. The van der Waals surface area contributed by atoms with E-state index in [-0.39, 0.29) is 5.04 Å². The van der Waals surface area contributed by atoms with Gasteiger partial charge in [0, 0.05) is 5.92 Å². The molecule has 3 N–H and O–H groups in total. The highest BCUT2D eigenvalue weighted by molar-refractivity contribution is 9.10. The fraction of sp³-hybridized carbons (Fsp3) is 0.750. The van der Waals surface area contributed by atoms with E-state index in [1.54, 1.807) is 0 Å². The van der Waals surface area contributed by atoms with Gasteiger partial charge >= 0.3 is 0 Å². The van der Waals surface area contributed by atoms with Gasteiger partial charge < -0.3 is 10.5 Å². The molecule has 2 unspecified atom stereocenters. The van der Waals surface area contributed by atoms with E-state index in [1.165, 1.54) is 19.3 Å². The standard InChI is InChI=1S/C16H28BrN3OSi/c1-16(2,22(3,4)21)9-11-6-5-7-12(8-11)13-10-19-15(18)14(17)20-13/h10-12,21H,5-9H2,1-4H3,(H2,18,19). The Labute approximate surface area is 143 Å². The molecule has 0 bridgehead atoms. The van der Waals surface area contributed by atoms with Crippen LogP contribution in [0.3, 0.4) is 0 Å². The molecule has 6 heteroatoms. The van der Waals surface area contributed by atoms with Crippen LogP contribution in [0.4, 0.5) is 5.82 Å². The molecule has 1 aromatic rings. The van der Waals surface area contributed by atoms with Crippen molar-refractivity contribution >= 4 is 30.1 Å². The average Bonchev–Trinajstić information content (AvgIpc) is 2.40. The van der Waals surface area contributed by atoms with Gasteiger partial charge in [0.2, 0.25) is 0 Å². The van der Waals surface area contributed by atoms with Crippen molar-refractivity contribution in [2.75, 3.05) is 5.73 Å². The predicted octanol–water partition coefficient (Wildman–Crippen LogP) is 4.46. The van der Waals surface area contributed by atoms with Gasteiger partial charge in [0.25, 0.3) is 0 Å². The molecule has 0 aromatic carbocycles. The molecule has 1 aromatic heterocycles. The first kappa shape index (κ1) is 17.9. The van der Waals surface area contributed by atoms with E-state index in [1.807, 2.05) is 6.20 Å². The zero-order chi connectivity index (χ0) is 16.5. The molecule has 0 amide bonds. The lowest BCUT2D eigenvalue weighted by Crippen LogP contribution is -2.40. The van der Waals surface area contributed by atoms with E-state index < -0.39 is 8.32 Å². The number of aromatic nitrogens is 2. The zero-order valence-corrected chi connectivity index (χ0v) is 16.7. The lowest BCUT2D eigenvalue weighted by atomic mass is 9.76. The first-order valence-corrected chi connectivity index (χ1v) is 11.8.